The monoisotopic (exact) mass is 817 g/mol. The molecule has 1 saturated carbocycles. The summed E-state index contributed by atoms with van der Waals surface area (Å²) in [6.07, 6.45) is 3.93. The number of amides is 8. The van der Waals surface area contributed by atoms with Gasteiger partial charge >= 0.3 is 12.0 Å². The largest absolute Gasteiger partial charge is 0.479 e. The van der Waals surface area contributed by atoms with Gasteiger partial charge in [0, 0.05) is 13.5 Å². The van der Waals surface area contributed by atoms with E-state index in [0.29, 0.717) is 24.8 Å². The Morgan fingerprint density at radius 3 is 2.03 bits per heavy atom. The second kappa shape index (κ2) is 21.6. The van der Waals surface area contributed by atoms with E-state index < -0.39 is 90.0 Å². The maximum absolute atomic E-state index is 14.7. The fraction of sp³-hybridized carbons (Fsp3) is 0.500. The van der Waals surface area contributed by atoms with E-state index in [1.165, 1.54) is 24.0 Å². The lowest BCUT2D eigenvalue weighted by Crippen LogP contribution is -2.61. The van der Waals surface area contributed by atoms with Crippen LogP contribution in [0.4, 0.5) is 4.79 Å². The van der Waals surface area contributed by atoms with Gasteiger partial charge in [0.05, 0.1) is 19.1 Å². The van der Waals surface area contributed by atoms with Crippen LogP contribution in [0.15, 0.2) is 60.7 Å². The third-order valence-electron chi connectivity index (χ3n) is 10.5. The van der Waals surface area contributed by atoms with Crippen LogP contribution < -0.4 is 26.6 Å². The van der Waals surface area contributed by atoms with E-state index >= 15 is 0 Å². The highest BCUT2D eigenvalue weighted by atomic mass is 16.4. The highest BCUT2D eigenvalue weighted by molar-refractivity contribution is 6.38. The van der Waals surface area contributed by atoms with Gasteiger partial charge in [0.25, 0.3) is 11.8 Å². The summed E-state index contributed by atoms with van der Waals surface area (Å²) in [6, 6.07) is 9.54. The van der Waals surface area contributed by atoms with Crippen LogP contribution in [0.1, 0.15) is 89.8 Å². The van der Waals surface area contributed by atoms with E-state index in [0.717, 1.165) is 29.7 Å². The molecule has 2 aromatic rings. The first-order chi connectivity index (χ1) is 28.1. The number of carbonyl (C=O) groups is 9. The highest BCUT2D eigenvalue weighted by Gasteiger charge is 2.49. The minimum Gasteiger partial charge on any atom is -0.479 e. The Balaban J connectivity index is 1.56. The van der Waals surface area contributed by atoms with Crippen LogP contribution in [-0.4, -0.2) is 105 Å². The number of Topliss-reactive ketones (excluding diaryl/α,β-unsaturated/α-hetero) is 1. The van der Waals surface area contributed by atoms with E-state index in [1.807, 2.05) is 0 Å². The lowest BCUT2D eigenvalue weighted by molar-refractivity contribution is -0.143. The normalized spacial score (nSPS) is 17.6. The fourth-order valence-corrected chi connectivity index (χ4v) is 7.41. The Hall–Kier alpha value is -6.13. The van der Waals surface area contributed by atoms with Crippen molar-refractivity contribution < 1.29 is 48.3 Å². The van der Waals surface area contributed by atoms with Gasteiger partial charge in [-0.25, -0.2) is 14.5 Å². The molecule has 2 aromatic carbocycles. The molecule has 4 rings (SSSR count). The molecule has 0 bridgehead atoms. The summed E-state index contributed by atoms with van der Waals surface area (Å²) >= 11 is 0. The number of carboxylic acid groups (broad SMARTS) is 1. The van der Waals surface area contributed by atoms with Crippen LogP contribution in [0.2, 0.25) is 0 Å². The number of aliphatic carboxylic acids is 1. The molecular weight excluding hydrogens is 763 g/mol. The Kier molecular flexibility index (Phi) is 16.7. The molecular formula is C42H55N7O10. The van der Waals surface area contributed by atoms with Crippen molar-refractivity contribution >= 4 is 53.2 Å². The lowest BCUT2D eigenvalue weighted by atomic mass is 9.83. The van der Waals surface area contributed by atoms with Crippen molar-refractivity contribution in [1.29, 1.82) is 0 Å². The Morgan fingerprint density at radius 2 is 1.46 bits per heavy atom. The summed E-state index contributed by atoms with van der Waals surface area (Å²) in [5.41, 5.74) is 1.01. The number of nitrogens with one attached hydrogen (secondary N) is 5. The van der Waals surface area contributed by atoms with Crippen molar-refractivity contribution in [2.75, 3.05) is 13.1 Å². The summed E-state index contributed by atoms with van der Waals surface area (Å²) in [6.45, 7) is 5.52. The minimum absolute atomic E-state index is 0.0118. The second-order valence-corrected chi connectivity index (χ2v) is 15.3. The topological polar surface area (TPSA) is 240 Å². The first kappa shape index (κ1) is 45.6. The van der Waals surface area contributed by atoms with Gasteiger partial charge in [0.1, 0.15) is 18.1 Å². The highest BCUT2D eigenvalue weighted by Crippen LogP contribution is 2.30. The van der Waals surface area contributed by atoms with Crippen molar-refractivity contribution in [3.63, 3.8) is 0 Å². The molecule has 1 saturated heterocycles. The molecule has 1 aliphatic carbocycles. The van der Waals surface area contributed by atoms with E-state index in [4.69, 9.17) is 0 Å². The summed E-state index contributed by atoms with van der Waals surface area (Å²) in [5, 5.41) is 22.1. The molecule has 0 radical (unpaired) electrons. The maximum Gasteiger partial charge on any atom is 0.330 e. The SMILES string of the molecule is CCCC(NC(=O)[C@@H]1CN(Cc2ccccc2)C(=O)N1C(=O)[C@H](NC(=O)[C@@H](NC(C)=O)C(C)C)C1CCCCC1)C(=O)C(=O)NCC(=O)N[C@H](C(=O)O)c1ccccc1. The number of rotatable bonds is 19. The van der Waals surface area contributed by atoms with Gasteiger partial charge in [-0.3, -0.25) is 33.6 Å². The number of ketones is 1. The van der Waals surface area contributed by atoms with Crippen LogP contribution in [0.25, 0.3) is 0 Å². The quantitative estimate of drug-likeness (QED) is 0.113. The van der Waals surface area contributed by atoms with Crippen molar-refractivity contribution in [1.82, 2.24) is 36.4 Å². The molecule has 318 valence electrons. The summed E-state index contributed by atoms with van der Waals surface area (Å²) in [4.78, 5) is 122. The molecule has 59 heavy (non-hydrogen) atoms. The number of hydrogen-bond acceptors (Lipinski definition) is 9. The van der Waals surface area contributed by atoms with Gasteiger partial charge in [-0.2, -0.15) is 0 Å². The third-order valence-corrected chi connectivity index (χ3v) is 10.5. The Bertz CT molecular complexity index is 1850. The molecule has 1 unspecified atom stereocenters. The molecule has 1 heterocycles. The minimum atomic E-state index is -1.47. The van der Waals surface area contributed by atoms with Crippen LogP contribution in [0.5, 0.6) is 0 Å². The van der Waals surface area contributed by atoms with Crippen molar-refractivity contribution in [2.45, 2.75) is 109 Å². The zero-order chi connectivity index (χ0) is 43.2. The van der Waals surface area contributed by atoms with E-state index in [9.17, 15) is 48.3 Å². The Morgan fingerprint density at radius 1 is 0.831 bits per heavy atom. The summed E-state index contributed by atoms with van der Waals surface area (Å²) in [5.74, 6) is -8.01. The molecule has 17 heteroatoms. The molecule has 2 aliphatic rings. The van der Waals surface area contributed by atoms with Crippen molar-refractivity contribution in [3.05, 3.63) is 71.8 Å². The zero-order valence-corrected chi connectivity index (χ0v) is 33.9. The van der Waals surface area contributed by atoms with Gasteiger partial charge in [-0.05, 0) is 42.2 Å². The number of nitrogens with zero attached hydrogens (tertiary/aromatic N) is 2. The average Bonchev–Trinajstić information content (AvgIpc) is 3.54. The van der Waals surface area contributed by atoms with Crippen LogP contribution in [0.3, 0.4) is 0 Å². The van der Waals surface area contributed by atoms with Crippen molar-refractivity contribution in [2.24, 2.45) is 11.8 Å². The molecule has 2 fully saturated rings. The van der Waals surface area contributed by atoms with Gasteiger partial charge < -0.3 is 36.6 Å². The molecule has 1 aliphatic heterocycles. The number of imide groups is 1. The first-order valence-electron chi connectivity index (χ1n) is 20.1. The maximum atomic E-state index is 14.7. The van der Waals surface area contributed by atoms with Crippen molar-refractivity contribution in [3.8, 4) is 0 Å². The second-order valence-electron chi connectivity index (χ2n) is 15.3. The smallest absolute Gasteiger partial charge is 0.330 e. The lowest BCUT2D eigenvalue weighted by Gasteiger charge is -2.34. The number of carbonyl (C=O) groups excluding carboxylic acids is 8. The van der Waals surface area contributed by atoms with E-state index in [-0.39, 0.29) is 31.3 Å². The Labute approximate surface area is 343 Å². The van der Waals surface area contributed by atoms with E-state index in [2.05, 4.69) is 26.6 Å². The van der Waals surface area contributed by atoms with E-state index in [1.54, 1.807) is 69.3 Å². The average molecular weight is 818 g/mol. The molecule has 17 nitrogen and oxygen atoms in total. The summed E-state index contributed by atoms with van der Waals surface area (Å²) < 4.78 is 0. The number of benzene rings is 2. The number of urea groups is 1. The van der Waals surface area contributed by atoms with Gasteiger partial charge in [-0.15, -0.1) is 0 Å². The zero-order valence-electron chi connectivity index (χ0n) is 33.9. The van der Waals surface area contributed by atoms with Gasteiger partial charge in [0.2, 0.25) is 29.4 Å². The molecule has 5 atom stereocenters. The summed E-state index contributed by atoms with van der Waals surface area (Å²) in [7, 11) is 0. The van der Waals surface area contributed by atoms with Crippen LogP contribution >= 0.6 is 0 Å². The predicted octanol–water partition coefficient (Wildman–Crippen LogP) is 1.96. The molecule has 0 spiro atoms. The molecule has 6 N–H and O–H groups in total. The molecule has 8 amide bonds. The fourth-order valence-electron chi connectivity index (χ4n) is 7.41. The van der Waals surface area contributed by atoms with Gasteiger partial charge in [0.15, 0.2) is 6.04 Å². The molecule has 0 aromatic heterocycles. The first-order valence-corrected chi connectivity index (χ1v) is 20.1. The predicted molar refractivity (Wildman–Crippen MR) is 214 cm³/mol. The van der Waals surface area contributed by atoms with Crippen LogP contribution in [0, 0.1) is 11.8 Å². The third kappa shape index (κ3) is 12.4. The van der Waals surface area contributed by atoms with Crippen LogP contribution in [-0.2, 0) is 44.9 Å². The van der Waals surface area contributed by atoms with Gasteiger partial charge in [-0.1, -0.05) is 107 Å². The number of hydrogen-bond donors (Lipinski definition) is 6. The standard InChI is InChI=1S/C42H55N7O10/c1-5-15-30(36(52)39(55)43-22-32(51)46-35(41(57)58)29-20-13-8-14-21-29)45-37(53)31-24-48(23-27-16-9-6-10-17-27)42(59)49(31)40(56)34(28-18-11-7-12-19-28)47-38(54)33(25(2)3)44-26(4)50/h6,8-10,13-14,16-17,20-21,25,28,30-31,33-35H,5,7,11-12,15,18-19,22-24H2,1-4H3,(H,43,55)(H,44,50)(H,45,53)(H,46,51)(H,47,54)(H,57,58)/t30?,31-,33-,34+,35-/m0/s1. The number of carboxylic acids is 1.